The molecule has 0 saturated heterocycles. The summed E-state index contributed by atoms with van der Waals surface area (Å²) in [5.74, 6) is 0. The van der Waals surface area contributed by atoms with E-state index in [1.165, 1.54) is 0 Å². The summed E-state index contributed by atoms with van der Waals surface area (Å²) in [5, 5.41) is 13.6. The van der Waals surface area contributed by atoms with E-state index >= 15 is 0 Å². The summed E-state index contributed by atoms with van der Waals surface area (Å²) >= 11 is 5.92. The molecule has 0 atom stereocenters. The molecule has 1 aromatic rings. The van der Waals surface area contributed by atoms with Crippen molar-refractivity contribution in [1.82, 2.24) is 4.90 Å². The molecule has 0 radical (unpaired) electrons. The lowest BCUT2D eigenvalue weighted by atomic mass is 9.88. The zero-order chi connectivity index (χ0) is 17.2. The van der Waals surface area contributed by atoms with Crippen molar-refractivity contribution in [3.8, 4) is 0 Å². The Morgan fingerprint density at radius 1 is 1.30 bits per heavy atom. The monoisotopic (exact) mass is 339 g/mol. The number of carbonyl (C=O) groups is 1. The van der Waals surface area contributed by atoms with E-state index in [0.717, 1.165) is 31.4 Å². The lowest BCUT2D eigenvalue weighted by molar-refractivity contribution is 0.0557. The third kappa shape index (κ3) is 4.44. The summed E-state index contributed by atoms with van der Waals surface area (Å²) in [7, 11) is 0. The molecule has 1 saturated carbocycles. The van der Waals surface area contributed by atoms with Gasteiger partial charge in [-0.15, -0.1) is 0 Å². The fourth-order valence-corrected chi connectivity index (χ4v) is 3.53. The van der Waals surface area contributed by atoms with Gasteiger partial charge in [-0.3, -0.25) is 0 Å². The number of nitrogens with zero attached hydrogens (tertiary/aromatic N) is 1. The molecule has 1 fully saturated rings. The lowest BCUT2D eigenvalue weighted by Gasteiger charge is -2.43. The van der Waals surface area contributed by atoms with Crippen molar-refractivity contribution in [1.29, 1.82) is 0 Å². The molecule has 1 aromatic carbocycles. The number of halogens is 1. The van der Waals surface area contributed by atoms with Crippen molar-refractivity contribution in [2.75, 3.05) is 11.1 Å². The highest BCUT2D eigenvalue weighted by Crippen LogP contribution is 2.31. The number of hydrogen-bond donors (Lipinski definition) is 3. The van der Waals surface area contributed by atoms with E-state index in [2.05, 4.69) is 5.32 Å². The predicted molar refractivity (Wildman–Crippen MR) is 95.1 cm³/mol. The van der Waals surface area contributed by atoms with Crippen LogP contribution in [0.2, 0.25) is 5.02 Å². The molecule has 2 rings (SSSR count). The second-order valence-electron chi connectivity index (χ2n) is 7.20. The highest BCUT2D eigenvalue weighted by Gasteiger charge is 2.35. The van der Waals surface area contributed by atoms with Crippen LogP contribution in [0.4, 0.5) is 16.2 Å². The van der Waals surface area contributed by atoms with E-state index < -0.39 is 6.09 Å². The molecule has 128 valence electrons. The minimum atomic E-state index is -0.837. The SMILES string of the molecule is CC(C)(C)N(C(=O)O)C1CCC(Nc2ccc(Cl)cc2N)CC1. The maximum atomic E-state index is 11.6. The van der Waals surface area contributed by atoms with Gasteiger partial charge in [-0.1, -0.05) is 11.6 Å². The number of amides is 1. The van der Waals surface area contributed by atoms with Crippen LogP contribution in [0, 0.1) is 0 Å². The minimum Gasteiger partial charge on any atom is -0.465 e. The second kappa shape index (κ2) is 6.87. The van der Waals surface area contributed by atoms with Gasteiger partial charge >= 0.3 is 6.09 Å². The summed E-state index contributed by atoms with van der Waals surface area (Å²) in [6.45, 7) is 5.83. The van der Waals surface area contributed by atoms with Crippen LogP contribution in [-0.4, -0.2) is 33.7 Å². The first-order chi connectivity index (χ1) is 10.7. The Balaban J connectivity index is 1.97. The standard InChI is InChI=1S/C17H26ClN3O2/c1-17(2,3)21(16(22)23)13-7-5-12(6-8-13)20-15-9-4-11(18)10-14(15)19/h4,9-10,12-13,20H,5-8,19H2,1-3H3,(H,22,23). The third-order valence-corrected chi connectivity index (χ3v) is 4.60. The van der Waals surface area contributed by atoms with Crippen LogP contribution in [0.25, 0.3) is 0 Å². The second-order valence-corrected chi connectivity index (χ2v) is 7.64. The third-order valence-electron chi connectivity index (χ3n) is 4.36. The van der Waals surface area contributed by atoms with Gasteiger partial charge in [-0.25, -0.2) is 4.79 Å². The van der Waals surface area contributed by atoms with E-state index in [4.69, 9.17) is 17.3 Å². The topological polar surface area (TPSA) is 78.6 Å². The number of rotatable bonds is 3. The van der Waals surface area contributed by atoms with E-state index in [-0.39, 0.29) is 11.6 Å². The Bertz CT molecular complexity index is 563. The van der Waals surface area contributed by atoms with Crippen LogP contribution in [0.5, 0.6) is 0 Å². The summed E-state index contributed by atoms with van der Waals surface area (Å²) < 4.78 is 0. The molecule has 0 spiro atoms. The molecule has 0 aliphatic heterocycles. The fraction of sp³-hybridized carbons (Fsp3) is 0.588. The normalized spacial score (nSPS) is 21.7. The Morgan fingerprint density at radius 2 is 1.91 bits per heavy atom. The van der Waals surface area contributed by atoms with Crippen molar-refractivity contribution < 1.29 is 9.90 Å². The number of nitrogen functional groups attached to an aromatic ring is 1. The van der Waals surface area contributed by atoms with Gasteiger partial charge in [0.25, 0.3) is 0 Å². The number of anilines is 2. The van der Waals surface area contributed by atoms with Crippen LogP contribution < -0.4 is 11.1 Å². The molecule has 6 heteroatoms. The van der Waals surface area contributed by atoms with Gasteiger partial charge in [0.05, 0.1) is 11.4 Å². The quantitative estimate of drug-likeness (QED) is 0.712. The van der Waals surface area contributed by atoms with Crippen LogP contribution in [-0.2, 0) is 0 Å². The van der Waals surface area contributed by atoms with Crippen molar-refractivity contribution in [3.05, 3.63) is 23.2 Å². The summed E-state index contributed by atoms with van der Waals surface area (Å²) in [6.07, 6.45) is 2.72. The zero-order valence-corrected chi connectivity index (χ0v) is 14.7. The highest BCUT2D eigenvalue weighted by atomic mass is 35.5. The Morgan fingerprint density at radius 3 is 2.39 bits per heavy atom. The first-order valence-electron chi connectivity index (χ1n) is 8.02. The maximum Gasteiger partial charge on any atom is 0.407 e. The van der Waals surface area contributed by atoms with Gasteiger partial charge in [0.1, 0.15) is 0 Å². The minimum absolute atomic E-state index is 0.0770. The summed E-state index contributed by atoms with van der Waals surface area (Å²) in [6, 6.07) is 5.83. The molecule has 0 unspecified atom stereocenters. The Labute approximate surface area is 142 Å². The number of benzene rings is 1. The molecule has 0 bridgehead atoms. The molecule has 1 aliphatic rings. The van der Waals surface area contributed by atoms with Crippen molar-refractivity contribution in [2.45, 2.75) is 64.1 Å². The van der Waals surface area contributed by atoms with E-state index in [0.29, 0.717) is 16.8 Å². The molecule has 1 amide bonds. The Hall–Kier alpha value is -1.62. The molecule has 0 heterocycles. The molecule has 23 heavy (non-hydrogen) atoms. The molecule has 5 nitrogen and oxygen atoms in total. The average molecular weight is 340 g/mol. The first kappa shape index (κ1) is 17.7. The van der Waals surface area contributed by atoms with Gasteiger partial charge in [-0.2, -0.15) is 0 Å². The molecular weight excluding hydrogens is 314 g/mol. The van der Waals surface area contributed by atoms with Crippen molar-refractivity contribution in [3.63, 3.8) is 0 Å². The molecular formula is C17H26ClN3O2. The summed E-state index contributed by atoms with van der Waals surface area (Å²) in [5.41, 5.74) is 7.13. The van der Waals surface area contributed by atoms with E-state index in [1.54, 1.807) is 11.0 Å². The van der Waals surface area contributed by atoms with Gasteiger partial charge in [0.15, 0.2) is 0 Å². The molecule has 0 aromatic heterocycles. The number of nitrogens with one attached hydrogen (secondary N) is 1. The molecule has 4 N–H and O–H groups in total. The van der Waals surface area contributed by atoms with E-state index in [1.807, 2.05) is 32.9 Å². The smallest absolute Gasteiger partial charge is 0.407 e. The zero-order valence-electron chi connectivity index (χ0n) is 14.0. The summed E-state index contributed by atoms with van der Waals surface area (Å²) in [4.78, 5) is 13.2. The van der Waals surface area contributed by atoms with Crippen molar-refractivity contribution in [2.24, 2.45) is 0 Å². The maximum absolute atomic E-state index is 11.6. The lowest BCUT2D eigenvalue weighted by Crippen LogP contribution is -2.52. The fourth-order valence-electron chi connectivity index (χ4n) is 3.35. The van der Waals surface area contributed by atoms with Gasteiger partial charge in [0.2, 0.25) is 0 Å². The van der Waals surface area contributed by atoms with Crippen LogP contribution in [0.1, 0.15) is 46.5 Å². The predicted octanol–water partition coefficient (Wildman–Crippen LogP) is 4.42. The van der Waals surface area contributed by atoms with E-state index in [9.17, 15) is 9.90 Å². The van der Waals surface area contributed by atoms with Crippen LogP contribution in [0.3, 0.4) is 0 Å². The van der Waals surface area contributed by atoms with Crippen LogP contribution in [0.15, 0.2) is 18.2 Å². The van der Waals surface area contributed by atoms with Crippen molar-refractivity contribution >= 4 is 29.1 Å². The van der Waals surface area contributed by atoms with Gasteiger partial charge < -0.3 is 21.1 Å². The van der Waals surface area contributed by atoms with Gasteiger partial charge in [-0.05, 0) is 64.7 Å². The number of nitrogens with two attached hydrogens (primary N) is 1. The van der Waals surface area contributed by atoms with Gasteiger partial charge in [0, 0.05) is 22.6 Å². The molecule has 1 aliphatic carbocycles. The average Bonchev–Trinajstić information content (AvgIpc) is 2.42. The van der Waals surface area contributed by atoms with Crippen LogP contribution >= 0.6 is 11.6 Å². The number of hydrogen-bond acceptors (Lipinski definition) is 3. The first-order valence-corrected chi connectivity index (χ1v) is 8.40. The Kier molecular flexibility index (Phi) is 5.30. The largest absolute Gasteiger partial charge is 0.465 e. The number of carboxylic acid groups (broad SMARTS) is 1. The highest BCUT2D eigenvalue weighted by molar-refractivity contribution is 6.31.